The predicted molar refractivity (Wildman–Crippen MR) is 111 cm³/mol. The van der Waals surface area contributed by atoms with Gasteiger partial charge in [-0.2, -0.15) is 0 Å². The van der Waals surface area contributed by atoms with Crippen LogP contribution in [-0.4, -0.2) is 32.5 Å². The van der Waals surface area contributed by atoms with Gasteiger partial charge in [-0.25, -0.2) is 4.98 Å². The Morgan fingerprint density at radius 1 is 1.07 bits per heavy atom. The van der Waals surface area contributed by atoms with Crippen molar-refractivity contribution in [2.75, 3.05) is 13.1 Å². The van der Waals surface area contributed by atoms with Gasteiger partial charge in [0.05, 0.1) is 22.7 Å². The molecule has 2 aromatic carbocycles. The monoisotopic (exact) mass is 370 g/mol. The molecule has 0 amide bonds. The Morgan fingerprint density at radius 2 is 1.93 bits per heavy atom. The molecular formula is C23H22N4O. The molecule has 1 N–H and O–H groups in total. The topological polar surface area (TPSA) is 53.9 Å². The zero-order chi connectivity index (χ0) is 18.8. The Balaban J connectivity index is 1.71. The van der Waals surface area contributed by atoms with E-state index in [4.69, 9.17) is 0 Å². The number of nitrogens with zero attached hydrogens (tertiary/aromatic N) is 3. The van der Waals surface area contributed by atoms with Crippen molar-refractivity contribution in [1.29, 1.82) is 0 Å². The van der Waals surface area contributed by atoms with Gasteiger partial charge < -0.3 is 9.55 Å². The van der Waals surface area contributed by atoms with Crippen molar-refractivity contribution in [1.82, 2.24) is 19.4 Å². The molecule has 0 spiro atoms. The van der Waals surface area contributed by atoms with Gasteiger partial charge in [0.15, 0.2) is 0 Å². The van der Waals surface area contributed by atoms with Gasteiger partial charge in [-0.1, -0.05) is 11.6 Å². The van der Waals surface area contributed by atoms with Crippen molar-refractivity contribution in [3.05, 3.63) is 69.9 Å². The molecule has 7 rings (SSSR count). The fourth-order valence-electron chi connectivity index (χ4n) is 5.15. The van der Waals surface area contributed by atoms with Crippen molar-refractivity contribution in [2.45, 2.75) is 32.2 Å². The summed E-state index contributed by atoms with van der Waals surface area (Å²) in [7, 11) is 0. The SMILES string of the molecule is Cc1ccc2c(c1)c1c(n2-c2ccc3nc[nH]c(=O)c3c2)C2CCN(CC2)C1. The smallest absolute Gasteiger partial charge is 0.258 e. The zero-order valence-electron chi connectivity index (χ0n) is 15.9. The third-order valence-electron chi connectivity index (χ3n) is 6.51. The highest BCUT2D eigenvalue weighted by atomic mass is 16.1. The van der Waals surface area contributed by atoms with Crippen LogP contribution >= 0.6 is 0 Å². The van der Waals surface area contributed by atoms with Crippen LogP contribution in [0.4, 0.5) is 0 Å². The number of aromatic amines is 1. The number of fused-ring (bicyclic) bond motifs is 4. The molecule has 0 saturated carbocycles. The summed E-state index contributed by atoms with van der Waals surface area (Å²) in [4.78, 5) is 22.0. The van der Waals surface area contributed by atoms with E-state index in [1.165, 1.54) is 60.0 Å². The van der Waals surface area contributed by atoms with Gasteiger partial charge in [-0.15, -0.1) is 0 Å². The molecule has 2 aromatic heterocycles. The molecule has 4 aromatic rings. The third-order valence-corrected chi connectivity index (χ3v) is 6.51. The lowest BCUT2D eigenvalue weighted by atomic mass is 9.93. The molecule has 3 aliphatic heterocycles. The first-order valence-electron chi connectivity index (χ1n) is 10.0. The molecule has 0 unspecified atom stereocenters. The molecule has 0 radical (unpaired) electrons. The quantitative estimate of drug-likeness (QED) is 0.553. The Labute approximate surface area is 162 Å². The van der Waals surface area contributed by atoms with E-state index >= 15 is 0 Å². The summed E-state index contributed by atoms with van der Waals surface area (Å²) in [6.07, 6.45) is 3.88. The number of aryl methyl sites for hydroxylation is 1. The van der Waals surface area contributed by atoms with E-state index in [1.54, 1.807) is 0 Å². The first-order valence-corrected chi connectivity index (χ1v) is 10.0. The summed E-state index contributed by atoms with van der Waals surface area (Å²) in [6.45, 7) is 5.53. The van der Waals surface area contributed by atoms with E-state index in [0.717, 1.165) is 17.7 Å². The fraction of sp³-hybridized carbons (Fsp3) is 0.304. The third kappa shape index (κ3) is 2.23. The minimum absolute atomic E-state index is 0.0858. The van der Waals surface area contributed by atoms with Gasteiger partial charge >= 0.3 is 0 Å². The van der Waals surface area contributed by atoms with Gasteiger partial charge in [0, 0.05) is 29.2 Å². The summed E-state index contributed by atoms with van der Waals surface area (Å²) in [5.41, 5.74) is 7.15. The molecule has 1 saturated heterocycles. The number of aromatic nitrogens is 3. The number of hydrogen-bond acceptors (Lipinski definition) is 3. The molecule has 28 heavy (non-hydrogen) atoms. The van der Waals surface area contributed by atoms with E-state index in [2.05, 4.69) is 50.6 Å². The van der Waals surface area contributed by atoms with Crippen LogP contribution in [0.3, 0.4) is 0 Å². The highest BCUT2D eigenvalue weighted by Gasteiger charge is 2.33. The molecule has 140 valence electrons. The van der Waals surface area contributed by atoms with Gasteiger partial charge in [0.2, 0.25) is 0 Å². The predicted octanol–water partition coefficient (Wildman–Crippen LogP) is 3.87. The van der Waals surface area contributed by atoms with Crippen LogP contribution in [0, 0.1) is 6.92 Å². The molecule has 0 atom stereocenters. The molecule has 5 heteroatoms. The molecule has 1 fully saturated rings. The Bertz CT molecular complexity index is 1290. The van der Waals surface area contributed by atoms with Gasteiger partial charge in [-0.3, -0.25) is 9.69 Å². The zero-order valence-corrected chi connectivity index (χ0v) is 15.9. The summed E-state index contributed by atoms with van der Waals surface area (Å²) >= 11 is 0. The second kappa shape index (κ2) is 5.79. The maximum atomic E-state index is 12.4. The van der Waals surface area contributed by atoms with Crippen LogP contribution in [0.2, 0.25) is 0 Å². The van der Waals surface area contributed by atoms with Crippen molar-refractivity contribution in [2.24, 2.45) is 0 Å². The first kappa shape index (κ1) is 16.1. The van der Waals surface area contributed by atoms with Crippen LogP contribution in [0.1, 0.15) is 35.6 Å². The Kier molecular flexibility index (Phi) is 3.32. The summed E-state index contributed by atoms with van der Waals surface area (Å²) < 4.78 is 2.41. The number of nitrogens with one attached hydrogen (secondary N) is 1. The second-order valence-corrected chi connectivity index (χ2v) is 8.20. The average Bonchev–Trinajstić information content (AvgIpc) is 2.83. The molecule has 3 aliphatic rings. The number of benzene rings is 2. The fourth-order valence-corrected chi connectivity index (χ4v) is 5.15. The molecule has 0 aliphatic carbocycles. The van der Waals surface area contributed by atoms with Crippen LogP contribution < -0.4 is 5.56 Å². The largest absolute Gasteiger partial charge is 0.313 e. The van der Waals surface area contributed by atoms with Crippen molar-refractivity contribution >= 4 is 21.8 Å². The summed E-state index contributed by atoms with van der Waals surface area (Å²) in [6, 6.07) is 12.8. The standard InChI is InChI=1S/C23H22N4O/c1-14-2-5-21-17(10-14)19-12-26-8-6-15(7-9-26)22(19)27(21)16-3-4-20-18(11-16)23(28)25-13-24-20/h2-5,10-11,13,15H,6-9,12H2,1H3,(H,24,25,28). The van der Waals surface area contributed by atoms with Gasteiger partial charge in [0.25, 0.3) is 5.56 Å². The highest BCUT2D eigenvalue weighted by Crippen LogP contribution is 2.42. The molecule has 5 nitrogen and oxygen atoms in total. The Hall–Kier alpha value is -2.92. The van der Waals surface area contributed by atoms with E-state index < -0.39 is 0 Å². The Morgan fingerprint density at radius 3 is 2.79 bits per heavy atom. The van der Waals surface area contributed by atoms with E-state index in [0.29, 0.717) is 11.3 Å². The highest BCUT2D eigenvalue weighted by molar-refractivity contribution is 5.89. The van der Waals surface area contributed by atoms with Crippen LogP contribution in [0.5, 0.6) is 0 Å². The molecular weight excluding hydrogens is 348 g/mol. The minimum atomic E-state index is -0.0858. The second-order valence-electron chi connectivity index (χ2n) is 8.20. The number of rotatable bonds is 1. The van der Waals surface area contributed by atoms with E-state index in [-0.39, 0.29) is 5.56 Å². The van der Waals surface area contributed by atoms with Gasteiger partial charge in [0.1, 0.15) is 0 Å². The molecule has 5 heterocycles. The van der Waals surface area contributed by atoms with Crippen molar-refractivity contribution in [3.8, 4) is 5.69 Å². The summed E-state index contributed by atoms with van der Waals surface area (Å²) in [5, 5.41) is 2.00. The van der Waals surface area contributed by atoms with Crippen molar-refractivity contribution in [3.63, 3.8) is 0 Å². The minimum Gasteiger partial charge on any atom is -0.313 e. The van der Waals surface area contributed by atoms with Crippen LogP contribution in [0.15, 0.2) is 47.5 Å². The number of piperidine rings is 1. The average molecular weight is 370 g/mol. The maximum absolute atomic E-state index is 12.4. The lowest BCUT2D eigenvalue weighted by Crippen LogP contribution is -2.29. The maximum Gasteiger partial charge on any atom is 0.258 e. The number of H-pyrrole nitrogens is 1. The lowest BCUT2D eigenvalue weighted by molar-refractivity contribution is 0.220. The van der Waals surface area contributed by atoms with Crippen LogP contribution in [0.25, 0.3) is 27.5 Å². The number of hydrogen-bond donors (Lipinski definition) is 1. The van der Waals surface area contributed by atoms with Crippen molar-refractivity contribution < 1.29 is 0 Å². The van der Waals surface area contributed by atoms with Crippen LogP contribution in [-0.2, 0) is 6.54 Å². The normalized spacial score (nSPS) is 21.2. The van der Waals surface area contributed by atoms with Gasteiger partial charge in [-0.05, 0) is 68.8 Å². The lowest BCUT2D eigenvalue weighted by Gasteiger charge is -2.27. The van der Waals surface area contributed by atoms with E-state index in [1.807, 2.05) is 12.1 Å². The summed E-state index contributed by atoms with van der Waals surface area (Å²) in [5.74, 6) is 0.573. The molecule has 2 bridgehead atoms. The van der Waals surface area contributed by atoms with E-state index in [9.17, 15) is 4.79 Å². The first-order chi connectivity index (χ1) is 13.7.